The third kappa shape index (κ3) is 7.25. The van der Waals surface area contributed by atoms with Crippen LogP contribution in [0.3, 0.4) is 0 Å². The summed E-state index contributed by atoms with van der Waals surface area (Å²) >= 11 is 1.30. The molecule has 1 heterocycles. The van der Waals surface area contributed by atoms with Gasteiger partial charge in [-0.15, -0.1) is 11.3 Å². The maximum Gasteiger partial charge on any atom is 0.404 e. The van der Waals surface area contributed by atoms with Gasteiger partial charge in [-0.25, -0.2) is 18.2 Å². The minimum atomic E-state index is -3.96. The molecule has 0 saturated heterocycles. The summed E-state index contributed by atoms with van der Waals surface area (Å²) in [6.45, 7) is 3.65. The quantitative estimate of drug-likeness (QED) is 0.305. The first-order valence-electron chi connectivity index (χ1n) is 11.1. The Kier molecular flexibility index (Phi) is 8.84. The number of benzene rings is 2. The molecule has 9 nitrogen and oxygen atoms in total. The highest BCUT2D eigenvalue weighted by atomic mass is 32.2. The number of nitrogens with one attached hydrogen (secondary N) is 1. The Bertz CT molecular complexity index is 1210. The Balaban J connectivity index is 1.83. The van der Waals surface area contributed by atoms with E-state index in [1.165, 1.54) is 27.8 Å². The summed E-state index contributed by atoms with van der Waals surface area (Å²) in [7, 11) is -3.96. The van der Waals surface area contributed by atoms with E-state index in [9.17, 15) is 23.4 Å². The molecule has 0 aliphatic rings. The van der Waals surface area contributed by atoms with E-state index in [0.29, 0.717) is 10.8 Å². The lowest BCUT2D eigenvalue weighted by Gasteiger charge is -2.30. The van der Waals surface area contributed by atoms with Crippen molar-refractivity contribution in [2.75, 3.05) is 18.8 Å². The molecule has 1 amide bonds. The molecule has 0 spiro atoms. The zero-order valence-electron chi connectivity index (χ0n) is 19.5. The largest absolute Gasteiger partial charge is 0.465 e. The molecule has 0 unspecified atom stereocenters. The van der Waals surface area contributed by atoms with Gasteiger partial charge in [-0.3, -0.25) is 0 Å². The normalized spacial score (nSPS) is 13.6. The average molecular weight is 519 g/mol. The molecule has 0 fully saturated rings. The van der Waals surface area contributed by atoms with Gasteiger partial charge >= 0.3 is 6.09 Å². The number of hydrogen-bond donors (Lipinski definition) is 4. The minimum absolute atomic E-state index is 0.0192. The van der Waals surface area contributed by atoms with Crippen molar-refractivity contribution in [1.82, 2.24) is 14.6 Å². The lowest BCUT2D eigenvalue weighted by atomic mass is 10.0. The Labute approximate surface area is 209 Å². The van der Waals surface area contributed by atoms with Gasteiger partial charge in [0.05, 0.1) is 22.7 Å². The maximum absolute atomic E-state index is 13.5. The monoisotopic (exact) mass is 518 g/mol. The molecule has 35 heavy (non-hydrogen) atoms. The summed E-state index contributed by atoms with van der Waals surface area (Å²) in [5.74, 6) is -0.0192. The molecule has 2 atom stereocenters. The van der Waals surface area contributed by atoms with Crippen molar-refractivity contribution < 1.29 is 23.4 Å². The van der Waals surface area contributed by atoms with E-state index >= 15 is 0 Å². The van der Waals surface area contributed by atoms with Crippen LogP contribution in [-0.2, 0) is 16.4 Å². The van der Waals surface area contributed by atoms with E-state index in [0.717, 1.165) is 11.1 Å². The molecule has 0 radical (unpaired) electrons. The van der Waals surface area contributed by atoms with Crippen molar-refractivity contribution in [3.8, 4) is 11.3 Å². The molecule has 11 heteroatoms. The van der Waals surface area contributed by atoms with Crippen molar-refractivity contribution in [3.63, 3.8) is 0 Å². The summed E-state index contributed by atoms with van der Waals surface area (Å²) < 4.78 is 28.2. The number of nitrogens with zero attached hydrogens (tertiary/aromatic N) is 2. The van der Waals surface area contributed by atoms with Crippen LogP contribution < -0.4 is 11.1 Å². The van der Waals surface area contributed by atoms with Crippen molar-refractivity contribution in [3.05, 3.63) is 65.5 Å². The lowest BCUT2D eigenvalue weighted by molar-refractivity contribution is 0.0980. The van der Waals surface area contributed by atoms with Crippen LogP contribution in [0.5, 0.6) is 0 Å². The van der Waals surface area contributed by atoms with Crippen LogP contribution in [0.2, 0.25) is 0 Å². The van der Waals surface area contributed by atoms with Gasteiger partial charge in [-0.2, -0.15) is 4.31 Å². The SMILES string of the molecule is CC(C)CN(C[C@H](O)[C@H](Cc1ccccc1)NC(=O)O)S(=O)(=O)c1ccc(-c2csc(N)n2)cc1. The van der Waals surface area contributed by atoms with Gasteiger partial charge in [0.1, 0.15) is 0 Å². The number of aromatic nitrogens is 1. The van der Waals surface area contributed by atoms with Gasteiger partial charge in [0.2, 0.25) is 10.0 Å². The standard InChI is InChI=1S/C24H30N4O5S2/c1-16(2)13-28(14-22(29)20(27-24(30)31)12-17-6-4-3-5-7-17)35(32,33)19-10-8-18(9-11-19)21-15-34-23(25)26-21/h3-11,15-16,20,22,27,29H,12-14H2,1-2H3,(H2,25,26)(H,30,31)/t20-,22-/m0/s1. The van der Waals surface area contributed by atoms with E-state index in [2.05, 4.69) is 10.3 Å². The van der Waals surface area contributed by atoms with E-state index in [4.69, 9.17) is 5.73 Å². The molecule has 0 aliphatic carbocycles. The van der Waals surface area contributed by atoms with Gasteiger partial charge in [0.25, 0.3) is 0 Å². The van der Waals surface area contributed by atoms with Crippen molar-refractivity contribution in [2.24, 2.45) is 5.92 Å². The Morgan fingerprint density at radius 1 is 1.11 bits per heavy atom. The minimum Gasteiger partial charge on any atom is -0.465 e. The first kappa shape index (κ1) is 26.6. The highest BCUT2D eigenvalue weighted by molar-refractivity contribution is 7.89. The summed E-state index contributed by atoms with van der Waals surface area (Å²) in [4.78, 5) is 15.7. The predicted octanol–water partition coefficient (Wildman–Crippen LogP) is 3.28. The van der Waals surface area contributed by atoms with Gasteiger partial charge < -0.3 is 21.3 Å². The number of carbonyl (C=O) groups is 1. The number of carboxylic acid groups (broad SMARTS) is 1. The topological polar surface area (TPSA) is 146 Å². The first-order chi connectivity index (χ1) is 16.6. The molecule has 0 saturated carbocycles. The number of sulfonamides is 1. The Morgan fingerprint density at radius 3 is 2.31 bits per heavy atom. The van der Waals surface area contributed by atoms with Gasteiger partial charge in [-0.05, 0) is 30.0 Å². The number of nitrogens with two attached hydrogens (primary N) is 1. The summed E-state index contributed by atoms with van der Waals surface area (Å²) in [5, 5.41) is 24.8. The fourth-order valence-electron chi connectivity index (χ4n) is 3.69. The zero-order valence-corrected chi connectivity index (χ0v) is 21.2. The molecule has 0 bridgehead atoms. The molecule has 3 rings (SSSR count). The predicted molar refractivity (Wildman–Crippen MR) is 137 cm³/mol. The molecular weight excluding hydrogens is 488 g/mol. The molecule has 1 aromatic heterocycles. The molecule has 5 N–H and O–H groups in total. The van der Waals surface area contributed by atoms with E-state index in [1.54, 1.807) is 17.5 Å². The fraction of sp³-hybridized carbons (Fsp3) is 0.333. The number of amides is 1. The number of rotatable bonds is 11. The summed E-state index contributed by atoms with van der Waals surface area (Å²) in [5.41, 5.74) is 7.91. The van der Waals surface area contributed by atoms with E-state index < -0.39 is 28.3 Å². The molecule has 3 aromatic rings. The van der Waals surface area contributed by atoms with Crippen molar-refractivity contribution >= 4 is 32.6 Å². The van der Waals surface area contributed by atoms with Gasteiger partial charge in [0, 0.05) is 24.0 Å². The fourth-order valence-corrected chi connectivity index (χ4v) is 5.88. The van der Waals surface area contributed by atoms with E-state index in [1.807, 2.05) is 44.2 Å². The van der Waals surface area contributed by atoms with Crippen LogP contribution in [0.4, 0.5) is 9.93 Å². The number of nitrogen functional groups attached to an aromatic ring is 1. The molecule has 2 aromatic carbocycles. The highest BCUT2D eigenvalue weighted by Gasteiger charge is 2.31. The van der Waals surface area contributed by atoms with E-state index in [-0.39, 0.29) is 30.3 Å². The van der Waals surface area contributed by atoms with Crippen molar-refractivity contribution in [1.29, 1.82) is 0 Å². The molecule has 0 aliphatic heterocycles. The summed E-state index contributed by atoms with van der Waals surface area (Å²) in [6.07, 6.45) is -2.34. The van der Waals surface area contributed by atoms with Gasteiger partial charge in [-0.1, -0.05) is 56.3 Å². The van der Waals surface area contributed by atoms with Crippen LogP contribution in [0.25, 0.3) is 11.3 Å². The maximum atomic E-state index is 13.5. The number of thiazole rings is 1. The zero-order chi connectivity index (χ0) is 25.6. The Morgan fingerprint density at radius 2 is 1.77 bits per heavy atom. The number of hydrogen-bond acceptors (Lipinski definition) is 7. The number of aliphatic hydroxyl groups excluding tert-OH is 1. The van der Waals surface area contributed by atoms with Crippen LogP contribution in [-0.4, -0.2) is 59.2 Å². The molecule has 188 valence electrons. The van der Waals surface area contributed by atoms with Gasteiger partial charge in [0.15, 0.2) is 5.13 Å². The number of anilines is 1. The average Bonchev–Trinajstić information content (AvgIpc) is 3.24. The smallest absolute Gasteiger partial charge is 0.404 e. The van der Waals surface area contributed by atoms with Crippen molar-refractivity contribution in [2.45, 2.75) is 37.3 Å². The lowest BCUT2D eigenvalue weighted by Crippen LogP contribution is -2.50. The van der Waals surface area contributed by atoms with Crippen LogP contribution >= 0.6 is 11.3 Å². The molecular formula is C24H30N4O5S2. The third-order valence-corrected chi connectivity index (χ3v) is 7.86. The number of aliphatic hydroxyl groups is 1. The van der Waals surface area contributed by atoms with Crippen LogP contribution in [0, 0.1) is 5.92 Å². The summed E-state index contributed by atoms with van der Waals surface area (Å²) in [6, 6.07) is 14.5. The second-order valence-corrected chi connectivity index (χ2v) is 11.5. The third-order valence-electron chi connectivity index (χ3n) is 5.34. The second-order valence-electron chi connectivity index (χ2n) is 8.62. The highest BCUT2D eigenvalue weighted by Crippen LogP contribution is 2.26. The van der Waals surface area contributed by atoms with Crippen LogP contribution in [0.1, 0.15) is 19.4 Å². The Hall–Kier alpha value is -2.99. The second kappa shape index (κ2) is 11.6. The first-order valence-corrected chi connectivity index (χ1v) is 13.4. The van der Waals surface area contributed by atoms with Crippen LogP contribution in [0.15, 0.2) is 64.9 Å².